The Kier molecular flexibility index (Phi) is 5.97. The summed E-state index contributed by atoms with van der Waals surface area (Å²) in [6.07, 6.45) is 3.27. The molecule has 2 aromatic rings. The molecule has 180 valence electrons. The molecular formula is C27H25ClN2O5. The molecule has 7 nitrogen and oxygen atoms in total. The Morgan fingerprint density at radius 2 is 1.77 bits per heavy atom. The number of fused-ring (bicyclic) bond motifs is 1. The maximum absolute atomic E-state index is 13.0. The van der Waals surface area contributed by atoms with E-state index in [4.69, 9.17) is 16.3 Å². The van der Waals surface area contributed by atoms with Gasteiger partial charge in [-0.25, -0.2) is 4.90 Å². The van der Waals surface area contributed by atoms with Gasteiger partial charge in [0.05, 0.1) is 23.4 Å². The second-order valence-corrected chi connectivity index (χ2v) is 9.91. The minimum Gasteiger partial charge on any atom is -0.426 e. The Bertz CT molecular complexity index is 1290. The quantitative estimate of drug-likeness (QED) is 0.272. The molecule has 0 bridgehead atoms. The molecule has 3 aliphatic rings. The van der Waals surface area contributed by atoms with Gasteiger partial charge in [-0.05, 0) is 68.7 Å². The highest BCUT2D eigenvalue weighted by Crippen LogP contribution is 2.41. The molecule has 2 saturated heterocycles. The number of carbonyl (C=O) groups is 4. The number of imide groups is 1. The summed E-state index contributed by atoms with van der Waals surface area (Å²) in [7, 11) is 0. The second kappa shape index (κ2) is 8.96. The zero-order chi connectivity index (χ0) is 24.9. The van der Waals surface area contributed by atoms with Crippen molar-refractivity contribution in [2.45, 2.75) is 33.1 Å². The van der Waals surface area contributed by atoms with Gasteiger partial charge in [-0.2, -0.15) is 0 Å². The molecule has 3 amide bonds. The molecule has 8 heteroatoms. The van der Waals surface area contributed by atoms with Crippen molar-refractivity contribution in [3.63, 3.8) is 0 Å². The van der Waals surface area contributed by atoms with Gasteiger partial charge in [0, 0.05) is 23.7 Å². The van der Waals surface area contributed by atoms with Crippen LogP contribution in [-0.4, -0.2) is 30.2 Å². The molecular weight excluding hydrogens is 468 g/mol. The highest BCUT2D eigenvalue weighted by Gasteiger charge is 2.49. The number of nitrogens with zero attached hydrogens (tertiary/aromatic N) is 2. The van der Waals surface area contributed by atoms with Crippen LogP contribution < -0.4 is 14.5 Å². The van der Waals surface area contributed by atoms with Crippen molar-refractivity contribution in [3.05, 3.63) is 64.7 Å². The lowest BCUT2D eigenvalue weighted by Crippen LogP contribution is -2.31. The van der Waals surface area contributed by atoms with Crippen molar-refractivity contribution in [1.82, 2.24) is 0 Å². The van der Waals surface area contributed by atoms with Crippen molar-refractivity contribution in [2.24, 2.45) is 17.8 Å². The molecule has 5 rings (SSSR count). The number of benzene rings is 2. The third-order valence-electron chi connectivity index (χ3n) is 7.03. The number of rotatable bonds is 4. The fraction of sp³-hybridized carbons (Fsp3) is 0.333. The van der Waals surface area contributed by atoms with Gasteiger partial charge in [-0.1, -0.05) is 29.3 Å². The minimum absolute atomic E-state index is 0.0510. The van der Waals surface area contributed by atoms with Crippen LogP contribution in [0.15, 0.2) is 54.1 Å². The summed E-state index contributed by atoms with van der Waals surface area (Å²) in [6, 6.07) is 11.8. The Labute approximate surface area is 208 Å². The maximum atomic E-state index is 13.0. The largest absolute Gasteiger partial charge is 0.426 e. The van der Waals surface area contributed by atoms with Crippen LogP contribution in [0.3, 0.4) is 0 Å². The van der Waals surface area contributed by atoms with E-state index >= 15 is 0 Å². The van der Waals surface area contributed by atoms with E-state index in [0.29, 0.717) is 40.6 Å². The van der Waals surface area contributed by atoms with Crippen LogP contribution in [0.4, 0.5) is 11.4 Å². The van der Waals surface area contributed by atoms with Gasteiger partial charge >= 0.3 is 5.97 Å². The first-order chi connectivity index (χ1) is 16.7. The average Bonchev–Trinajstić information content (AvgIpc) is 3.32. The molecule has 2 aromatic carbocycles. The van der Waals surface area contributed by atoms with Crippen LogP contribution in [-0.2, 0) is 19.2 Å². The van der Waals surface area contributed by atoms with E-state index in [9.17, 15) is 19.2 Å². The fourth-order valence-corrected chi connectivity index (χ4v) is 5.36. The zero-order valence-electron chi connectivity index (χ0n) is 19.5. The van der Waals surface area contributed by atoms with Crippen molar-refractivity contribution in [1.29, 1.82) is 0 Å². The van der Waals surface area contributed by atoms with Gasteiger partial charge < -0.3 is 9.64 Å². The van der Waals surface area contributed by atoms with Gasteiger partial charge in [-0.15, -0.1) is 0 Å². The van der Waals surface area contributed by atoms with E-state index < -0.39 is 11.9 Å². The van der Waals surface area contributed by atoms with Crippen LogP contribution in [0.2, 0.25) is 5.02 Å². The molecule has 1 aliphatic carbocycles. The molecule has 0 unspecified atom stereocenters. The van der Waals surface area contributed by atoms with Gasteiger partial charge in [-0.3, -0.25) is 19.2 Å². The summed E-state index contributed by atoms with van der Waals surface area (Å²) in [5.74, 6) is -1.96. The first-order valence-electron chi connectivity index (χ1n) is 11.6. The Balaban J connectivity index is 1.28. The zero-order valence-corrected chi connectivity index (χ0v) is 20.2. The molecule has 35 heavy (non-hydrogen) atoms. The third kappa shape index (κ3) is 4.25. The monoisotopic (exact) mass is 492 g/mol. The summed E-state index contributed by atoms with van der Waals surface area (Å²) in [5.41, 5.74) is 2.94. The number of aryl methyl sites for hydroxylation is 1. The lowest BCUT2D eigenvalue weighted by molar-refractivity contribution is -0.139. The van der Waals surface area contributed by atoms with Crippen molar-refractivity contribution < 1.29 is 23.9 Å². The van der Waals surface area contributed by atoms with Crippen LogP contribution in [0.5, 0.6) is 5.75 Å². The number of halogens is 1. The summed E-state index contributed by atoms with van der Waals surface area (Å²) in [4.78, 5) is 54.1. The average molecular weight is 493 g/mol. The van der Waals surface area contributed by atoms with E-state index in [1.54, 1.807) is 49.4 Å². The standard InChI is InChI=1S/C27H25ClN2O5/c1-15-6-8-21-22(10-15)26(33)30(25(21)32)23-9-7-20(11-16(23)2)35-27(34)17-12-24(31)29(14-17)19-5-3-4-18(28)13-19/h3-7,9,11,13,17,21-22H,8,10,12,14H2,1-2H3/t17-,21-,22-/m0/s1. The van der Waals surface area contributed by atoms with Crippen LogP contribution in [0, 0.1) is 24.7 Å². The predicted octanol–water partition coefficient (Wildman–Crippen LogP) is 4.45. The fourth-order valence-electron chi connectivity index (χ4n) is 5.18. The van der Waals surface area contributed by atoms with Crippen molar-refractivity contribution >= 4 is 46.7 Å². The molecule has 2 fully saturated rings. The Morgan fingerprint density at radius 3 is 2.51 bits per heavy atom. The van der Waals surface area contributed by atoms with Gasteiger partial charge in [0.25, 0.3) is 0 Å². The van der Waals surface area contributed by atoms with Crippen LogP contribution >= 0.6 is 11.6 Å². The molecule has 0 aromatic heterocycles. The van der Waals surface area contributed by atoms with Crippen LogP contribution in [0.25, 0.3) is 0 Å². The van der Waals surface area contributed by atoms with E-state index in [1.165, 1.54) is 9.80 Å². The molecule has 2 heterocycles. The highest BCUT2D eigenvalue weighted by molar-refractivity contribution is 6.31. The predicted molar refractivity (Wildman–Crippen MR) is 131 cm³/mol. The topological polar surface area (TPSA) is 84.0 Å². The third-order valence-corrected chi connectivity index (χ3v) is 7.26. The lowest BCUT2D eigenvalue weighted by Gasteiger charge is -2.19. The Hall–Kier alpha value is -3.45. The first-order valence-corrected chi connectivity index (χ1v) is 12.0. The molecule has 0 radical (unpaired) electrons. The smallest absolute Gasteiger partial charge is 0.316 e. The number of esters is 1. The molecule has 3 atom stereocenters. The Morgan fingerprint density at radius 1 is 1.00 bits per heavy atom. The number of carbonyl (C=O) groups excluding carboxylic acids is 4. The highest BCUT2D eigenvalue weighted by atomic mass is 35.5. The van der Waals surface area contributed by atoms with E-state index in [1.807, 2.05) is 13.0 Å². The van der Waals surface area contributed by atoms with E-state index in [0.717, 1.165) is 5.57 Å². The van der Waals surface area contributed by atoms with Crippen molar-refractivity contribution in [3.8, 4) is 5.75 Å². The minimum atomic E-state index is -0.609. The number of hydrogen-bond acceptors (Lipinski definition) is 5. The summed E-state index contributed by atoms with van der Waals surface area (Å²) >= 11 is 6.03. The van der Waals surface area contributed by atoms with E-state index in [2.05, 4.69) is 0 Å². The van der Waals surface area contributed by atoms with Crippen LogP contribution in [0.1, 0.15) is 31.7 Å². The molecule has 0 saturated carbocycles. The van der Waals surface area contributed by atoms with E-state index in [-0.39, 0.29) is 42.5 Å². The molecule has 2 aliphatic heterocycles. The van der Waals surface area contributed by atoms with Gasteiger partial charge in [0.15, 0.2) is 0 Å². The van der Waals surface area contributed by atoms with Crippen molar-refractivity contribution in [2.75, 3.05) is 16.3 Å². The van der Waals surface area contributed by atoms with Gasteiger partial charge in [0.2, 0.25) is 17.7 Å². The summed E-state index contributed by atoms with van der Waals surface area (Å²) in [5, 5.41) is 0.512. The molecule has 0 N–H and O–H groups in total. The summed E-state index contributed by atoms with van der Waals surface area (Å²) < 4.78 is 5.57. The number of amides is 3. The number of ether oxygens (including phenoxy) is 1. The first kappa shape index (κ1) is 23.3. The maximum Gasteiger partial charge on any atom is 0.316 e. The number of hydrogen-bond donors (Lipinski definition) is 0. The molecule has 0 spiro atoms. The summed E-state index contributed by atoms with van der Waals surface area (Å²) in [6.45, 7) is 3.97. The SMILES string of the molecule is CC1=CC[C@@H]2C(=O)N(c3ccc(OC(=O)[C@H]4CC(=O)N(c5cccc(Cl)c5)C4)cc3C)C(=O)[C@H]2C1. The number of anilines is 2. The lowest BCUT2D eigenvalue weighted by atomic mass is 9.82. The second-order valence-electron chi connectivity index (χ2n) is 9.47. The number of allylic oxidation sites excluding steroid dienone is 2. The normalized spacial score (nSPS) is 24.0. The van der Waals surface area contributed by atoms with Gasteiger partial charge in [0.1, 0.15) is 5.75 Å².